The molecule has 5 heteroatoms. The second kappa shape index (κ2) is 7.27. The predicted octanol–water partition coefficient (Wildman–Crippen LogP) is 3.82. The van der Waals surface area contributed by atoms with Gasteiger partial charge in [0.05, 0.1) is 5.92 Å². The van der Waals surface area contributed by atoms with Gasteiger partial charge in [-0.05, 0) is 37.2 Å². The lowest BCUT2D eigenvalue weighted by molar-refractivity contribution is -0.199. The third kappa shape index (κ3) is 4.45. The lowest BCUT2D eigenvalue weighted by Crippen LogP contribution is -2.48. The van der Waals surface area contributed by atoms with Crippen LogP contribution in [0.2, 0.25) is 0 Å². The van der Waals surface area contributed by atoms with Gasteiger partial charge in [0.2, 0.25) is 0 Å². The Morgan fingerprint density at radius 1 is 1.14 bits per heavy atom. The lowest BCUT2D eigenvalue weighted by Gasteiger charge is -2.38. The lowest BCUT2D eigenvalue weighted by atomic mass is 9.73. The quantitative estimate of drug-likeness (QED) is 0.641. The van der Waals surface area contributed by atoms with Gasteiger partial charge in [-0.1, -0.05) is 43.2 Å². The van der Waals surface area contributed by atoms with E-state index < -0.39 is 18.0 Å². The van der Waals surface area contributed by atoms with Crippen LogP contribution in [-0.2, 0) is 6.42 Å². The van der Waals surface area contributed by atoms with E-state index in [1.807, 2.05) is 30.3 Å². The smallest absolute Gasteiger partial charge is 0.271 e. The summed E-state index contributed by atoms with van der Waals surface area (Å²) in [6.45, 7) is 0. The number of rotatable bonds is 5. The van der Waals surface area contributed by atoms with Crippen molar-refractivity contribution in [2.24, 2.45) is 17.7 Å². The highest BCUT2D eigenvalue weighted by atomic mass is 19.4. The first kappa shape index (κ1) is 16.3. The zero-order valence-corrected chi connectivity index (χ0v) is 12.1. The fraction of sp³-hybridized carbons (Fsp3) is 0.625. The Bertz CT molecular complexity index is 419. The van der Waals surface area contributed by atoms with Crippen LogP contribution in [0, 0.1) is 11.8 Å². The van der Waals surface area contributed by atoms with E-state index in [9.17, 15) is 13.2 Å². The molecular weight excluding hydrogens is 277 g/mol. The van der Waals surface area contributed by atoms with E-state index in [1.165, 1.54) is 0 Å². The number of aryl methyl sites for hydroxylation is 1. The average molecular weight is 300 g/mol. The number of hydrogen-bond acceptors (Lipinski definition) is 2. The monoisotopic (exact) mass is 300 g/mol. The molecule has 0 aliphatic heterocycles. The second-order valence-electron chi connectivity index (χ2n) is 5.89. The van der Waals surface area contributed by atoms with Crippen molar-refractivity contribution < 1.29 is 13.2 Å². The van der Waals surface area contributed by atoms with Crippen LogP contribution in [0.5, 0.6) is 0 Å². The van der Waals surface area contributed by atoms with Crippen LogP contribution in [-0.4, -0.2) is 12.2 Å². The number of hydrazine groups is 1. The molecule has 3 atom stereocenters. The van der Waals surface area contributed by atoms with Gasteiger partial charge in [0.1, 0.15) is 0 Å². The fourth-order valence-corrected chi connectivity index (χ4v) is 3.44. The molecule has 2 nitrogen and oxygen atoms in total. The van der Waals surface area contributed by atoms with Crippen LogP contribution < -0.4 is 11.3 Å². The van der Waals surface area contributed by atoms with Crippen molar-refractivity contribution in [2.45, 2.75) is 50.7 Å². The van der Waals surface area contributed by atoms with Gasteiger partial charge >= 0.3 is 6.18 Å². The molecule has 2 rings (SSSR count). The molecule has 0 amide bonds. The van der Waals surface area contributed by atoms with E-state index in [2.05, 4.69) is 5.43 Å². The Labute approximate surface area is 123 Å². The van der Waals surface area contributed by atoms with Crippen LogP contribution in [0.25, 0.3) is 0 Å². The van der Waals surface area contributed by atoms with Crippen LogP contribution in [0.4, 0.5) is 13.2 Å². The van der Waals surface area contributed by atoms with Gasteiger partial charge in [-0.15, -0.1) is 0 Å². The Morgan fingerprint density at radius 3 is 2.43 bits per heavy atom. The summed E-state index contributed by atoms with van der Waals surface area (Å²) in [6.07, 6.45) is -0.371. The molecular formula is C16H23F3N2. The molecule has 1 saturated carbocycles. The summed E-state index contributed by atoms with van der Waals surface area (Å²) in [5.41, 5.74) is 3.78. The van der Waals surface area contributed by atoms with E-state index in [4.69, 9.17) is 5.84 Å². The number of alkyl halides is 3. The minimum Gasteiger partial charge on any atom is -0.271 e. The third-order valence-electron chi connectivity index (χ3n) is 4.56. The van der Waals surface area contributed by atoms with Crippen molar-refractivity contribution in [3.8, 4) is 0 Å². The third-order valence-corrected chi connectivity index (χ3v) is 4.56. The maximum atomic E-state index is 13.2. The van der Waals surface area contributed by atoms with Gasteiger partial charge in [-0.2, -0.15) is 13.2 Å². The van der Waals surface area contributed by atoms with Crippen LogP contribution >= 0.6 is 0 Å². The van der Waals surface area contributed by atoms with Crippen molar-refractivity contribution >= 4 is 0 Å². The van der Waals surface area contributed by atoms with Gasteiger partial charge in [0.25, 0.3) is 0 Å². The van der Waals surface area contributed by atoms with Gasteiger partial charge in [0.15, 0.2) is 0 Å². The molecule has 1 fully saturated rings. The van der Waals surface area contributed by atoms with Crippen LogP contribution in [0.1, 0.15) is 37.7 Å². The molecule has 0 bridgehead atoms. The summed E-state index contributed by atoms with van der Waals surface area (Å²) in [5, 5.41) is 0. The normalized spacial score (nSPS) is 24.8. The van der Waals surface area contributed by atoms with Gasteiger partial charge in [-0.25, -0.2) is 0 Å². The zero-order chi connectivity index (χ0) is 15.3. The highest BCUT2D eigenvalue weighted by molar-refractivity contribution is 5.14. The first-order valence-electron chi connectivity index (χ1n) is 7.59. The van der Waals surface area contributed by atoms with Crippen molar-refractivity contribution in [1.82, 2.24) is 5.43 Å². The number of nitrogens with two attached hydrogens (primary N) is 1. The number of nitrogens with one attached hydrogen (secondary N) is 1. The van der Waals surface area contributed by atoms with E-state index in [1.54, 1.807) is 0 Å². The number of halogens is 3. The molecule has 1 aromatic rings. The molecule has 0 saturated heterocycles. The largest absolute Gasteiger partial charge is 0.392 e. The fourth-order valence-electron chi connectivity index (χ4n) is 3.44. The maximum Gasteiger partial charge on any atom is 0.392 e. The first-order valence-corrected chi connectivity index (χ1v) is 7.59. The molecule has 0 spiro atoms. The molecule has 1 aromatic carbocycles. The topological polar surface area (TPSA) is 38.0 Å². The van der Waals surface area contributed by atoms with E-state index >= 15 is 0 Å². The second-order valence-corrected chi connectivity index (χ2v) is 5.89. The molecule has 1 aliphatic rings. The van der Waals surface area contributed by atoms with E-state index in [-0.39, 0.29) is 12.5 Å². The van der Waals surface area contributed by atoms with Crippen molar-refractivity contribution in [3.05, 3.63) is 35.9 Å². The molecule has 118 valence electrons. The molecule has 0 heterocycles. The summed E-state index contributed by atoms with van der Waals surface area (Å²) < 4.78 is 39.5. The molecule has 21 heavy (non-hydrogen) atoms. The average Bonchev–Trinajstić information content (AvgIpc) is 2.48. The Morgan fingerprint density at radius 2 is 1.81 bits per heavy atom. The first-order chi connectivity index (χ1) is 10.0. The van der Waals surface area contributed by atoms with Crippen LogP contribution in [0.15, 0.2) is 30.3 Å². The Kier molecular flexibility index (Phi) is 5.65. The van der Waals surface area contributed by atoms with E-state index in [0.717, 1.165) is 18.4 Å². The zero-order valence-electron chi connectivity index (χ0n) is 12.1. The van der Waals surface area contributed by atoms with Crippen molar-refractivity contribution in [3.63, 3.8) is 0 Å². The number of hydrogen-bond donors (Lipinski definition) is 2. The minimum atomic E-state index is -4.12. The van der Waals surface area contributed by atoms with Crippen LogP contribution in [0.3, 0.4) is 0 Å². The SMILES string of the molecule is NNC(CCc1ccccc1)C1CCCCC1C(F)(F)F. The summed E-state index contributed by atoms with van der Waals surface area (Å²) in [5.74, 6) is 3.93. The minimum absolute atomic E-state index is 0.234. The summed E-state index contributed by atoms with van der Waals surface area (Å²) in [7, 11) is 0. The van der Waals surface area contributed by atoms with Gasteiger partial charge < -0.3 is 0 Å². The highest BCUT2D eigenvalue weighted by Crippen LogP contribution is 2.43. The van der Waals surface area contributed by atoms with Gasteiger partial charge in [-0.3, -0.25) is 11.3 Å². The summed E-state index contributed by atoms with van der Waals surface area (Å²) in [6, 6.07) is 9.53. The standard InChI is InChI=1S/C16H23F3N2/c17-16(18,19)14-9-5-4-8-13(14)15(21-20)11-10-12-6-2-1-3-7-12/h1-3,6-7,13-15,21H,4-5,8-11,20H2. The van der Waals surface area contributed by atoms with Gasteiger partial charge in [0, 0.05) is 6.04 Å². The van der Waals surface area contributed by atoms with Crippen molar-refractivity contribution in [1.29, 1.82) is 0 Å². The molecule has 0 aromatic heterocycles. The summed E-state index contributed by atoms with van der Waals surface area (Å²) in [4.78, 5) is 0. The number of benzene rings is 1. The van der Waals surface area contributed by atoms with E-state index in [0.29, 0.717) is 19.3 Å². The molecule has 0 radical (unpaired) electrons. The Hall–Kier alpha value is -1.07. The highest BCUT2D eigenvalue weighted by Gasteiger charge is 2.47. The van der Waals surface area contributed by atoms with Crippen molar-refractivity contribution in [2.75, 3.05) is 0 Å². The molecule has 3 unspecified atom stereocenters. The maximum absolute atomic E-state index is 13.2. The Balaban J connectivity index is 2.01. The molecule has 1 aliphatic carbocycles. The summed E-state index contributed by atoms with van der Waals surface area (Å²) >= 11 is 0. The molecule has 3 N–H and O–H groups in total. The predicted molar refractivity (Wildman–Crippen MR) is 77.4 cm³/mol.